The number of hydrazone groups is 1. The van der Waals surface area contributed by atoms with Crippen LogP contribution in [0.25, 0.3) is 11.3 Å². The van der Waals surface area contributed by atoms with Crippen LogP contribution in [0.2, 0.25) is 0 Å². The topological polar surface area (TPSA) is 46.5 Å². The van der Waals surface area contributed by atoms with Gasteiger partial charge in [-0.3, -0.25) is 5.43 Å². The van der Waals surface area contributed by atoms with Gasteiger partial charge >= 0.3 is 0 Å². The number of anilines is 1. The van der Waals surface area contributed by atoms with Crippen molar-refractivity contribution in [2.24, 2.45) is 5.10 Å². The average Bonchev–Trinajstić information content (AvgIpc) is 3.04. The maximum Gasteiger partial charge on any atom is 0.203 e. The van der Waals surface area contributed by atoms with Crippen molar-refractivity contribution >= 4 is 38.6 Å². The monoisotopic (exact) mass is 405 g/mol. The van der Waals surface area contributed by atoms with Crippen LogP contribution in [-0.2, 0) is 0 Å². The molecule has 3 rings (SSSR count). The first-order chi connectivity index (χ1) is 11.7. The molecule has 3 aromatic rings. The highest BCUT2D eigenvalue weighted by molar-refractivity contribution is 9.10. The van der Waals surface area contributed by atoms with E-state index in [-0.39, 0.29) is 5.82 Å². The number of aromatic nitrogens is 1. The summed E-state index contributed by atoms with van der Waals surface area (Å²) in [6, 6.07) is 11.9. The van der Waals surface area contributed by atoms with Crippen molar-refractivity contribution in [3.8, 4) is 17.0 Å². The van der Waals surface area contributed by atoms with E-state index in [1.165, 1.54) is 23.5 Å². The third kappa shape index (κ3) is 3.98. The Hall–Kier alpha value is -2.25. The first kappa shape index (κ1) is 16.6. The maximum atomic E-state index is 13.0. The Morgan fingerprint density at radius 2 is 2.04 bits per heavy atom. The molecule has 0 spiro atoms. The molecule has 1 heterocycles. The minimum atomic E-state index is -0.261. The number of methoxy groups -OCH3 is 1. The van der Waals surface area contributed by atoms with Gasteiger partial charge in [0.2, 0.25) is 5.13 Å². The number of benzene rings is 2. The molecular formula is C17H13BrFN3OS. The van der Waals surface area contributed by atoms with E-state index in [0.29, 0.717) is 5.13 Å². The third-order valence-electron chi connectivity index (χ3n) is 3.19. The van der Waals surface area contributed by atoms with Crippen molar-refractivity contribution in [1.82, 2.24) is 4.98 Å². The van der Waals surface area contributed by atoms with E-state index in [4.69, 9.17) is 4.74 Å². The lowest BCUT2D eigenvalue weighted by molar-refractivity contribution is 0.412. The molecule has 0 bridgehead atoms. The summed E-state index contributed by atoms with van der Waals surface area (Å²) in [5.41, 5.74) is 5.47. The number of thiazole rings is 1. The van der Waals surface area contributed by atoms with E-state index in [0.717, 1.165) is 27.0 Å². The SMILES string of the molecule is COc1ccc(C=NNc2nc(-c3ccc(F)cc3)cs2)cc1Br. The average molecular weight is 406 g/mol. The highest BCUT2D eigenvalue weighted by Crippen LogP contribution is 2.26. The van der Waals surface area contributed by atoms with Crippen LogP contribution in [0.1, 0.15) is 5.56 Å². The minimum Gasteiger partial charge on any atom is -0.496 e. The number of rotatable bonds is 5. The van der Waals surface area contributed by atoms with Gasteiger partial charge in [0.25, 0.3) is 0 Å². The standard InChI is InChI=1S/C17H13BrFN3OS/c1-23-16-7-2-11(8-14(16)18)9-20-22-17-21-15(10-24-17)12-3-5-13(19)6-4-12/h2-10H,1H3,(H,21,22). The van der Waals surface area contributed by atoms with Crippen molar-refractivity contribution in [3.63, 3.8) is 0 Å². The highest BCUT2D eigenvalue weighted by atomic mass is 79.9. The van der Waals surface area contributed by atoms with Crippen molar-refractivity contribution in [3.05, 3.63) is 63.7 Å². The van der Waals surface area contributed by atoms with Gasteiger partial charge in [-0.25, -0.2) is 9.37 Å². The molecule has 1 aromatic heterocycles. The normalized spacial score (nSPS) is 11.0. The second-order valence-corrected chi connectivity index (χ2v) is 6.52. The van der Waals surface area contributed by atoms with E-state index < -0.39 is 0 Å². The maximum absolute atomic E-state index is 13.0. The summed E-state index contributed by atoms with van der Waals surface area (Å²) < 4.78 is 19.0. The Labute approximate surface area is 151 Å². The molecule has 122 valence electrons. The number of nitrogens with zero attached hydrogens (tertiary/aromatic N) is 2. The fourth-order valence-electron chi connectivity index (χ4n) is 2.00. The lowest BCUT2D eigenvalue weighted by atomic mass is 10.2. The predicted octanol–water partition coefficient (Wildman–Crippen LogP) is 5.17. The Kier molecular flexibility index (Phi) is 5.22. The van der Waals surface area contributed by atoms with Gasteiger partial charge in [0.15, 0.2) is 0 Å². The van der Waals surface area contributed by atoms with Crippen molar-refractivity contribution in [2.75, 3.05) is 12.5 Å². The summed E-state index contributed by atoms with van der Waals surface area (Å²) in [4.78, 5) is 4.43. The van der Waals surface area contributed by atoms with Crippen molar-refractivity contribution in [1.29, 1.82) is 0 Å². The van der Waals surface area contributed by atoms with Gasteiger partial charge in [-0.15, -0.1) is 11.3 Å². The molecule has 7 heteroatoms. The summed E-state index contributed by atoms with van der Waals surface area (Å²) in [6.07, 6.45) is 1.70. The molecule has 0 amide bonds. The van der Waals surface area contributed by atoms with Crippen LogP contribution in [0.15, 0.2) is 57.4 Å². The predicted molar refractivity (Wildman–Crippen MR) is 99.4 cm³/mol. The van der Waals surface area contributed by atoms with Crippen LogP contribution in [0.3, 0.4) is 0 Å². The molecule has 0 aliphatic carbocycles. The van der Waals surface area contributed by atoms with E-state index in [9.17, 15) is 4.39 Å². The Morgan fingerprint density at radius 3 is 2.75 bits per heavy atom. The minimum absolute atomic E-state index is 0.261. The highest BCUT2D eigenvalue weighted by Gasteiger charge is 2.04. The fourth-order valence-corrected chi connectivity index (χ4v) is 3.23. The summed E-state index contributed by atoms with van der Waals surface area (Å²) in [6.45, 7) is 0. The van der Waals surface area contributed by atoms with Gasteiger partial charge in [-0.2, -0.15) is 5.10 Å². The van der Waals surface area contributed by atoms with E-state index >= 15 is 0 Å². The molecule has 0 unspecified atom stereocenters. The second kappa shape index (κ2) is 7.55. The molecule has 1 N–H and O–H groups in total. The van der Waals surface area contributed by atoms with Crippen molar-refractivity contribution in [2.45, 2.75) is 0 Å². The van der Waals surface area contributed by atoms with Crippen LogP contribution < -0.4 is 10.2 Å². The molecule has 4 nitrogen and oxygen atoms in total. The van der Waals surface area contributed by atoms with Gasteiger partial charge in [-0.05, 0) is 64.0 Å². The van der Waals surface area contributed by atoms with Gasteiger partial charge < -0.3 is 4.74 Å². The van der Waals surface area contributed by atoms with E-state index in [1.54, 1.807) is 25.5 Å². The van der Waals surface area contributed by atoms with Gasteiger partial charge in [0.1, 0.15) is 11.6 Å². The zero-order valence-corrected chi connectivity index (χ0v) is 15.1. The third-order valence-corrected chi connectivity index (χ3v) is 4.56. The molecule has 0 atom stereocenters. The van der Waals surface area contributed by atoms with Crippen LogP contribution in [0.4, 0.5) is 9.52 Å². The number of hydrogen-bond acceptors (Lipinski definition) is 5. The number of ether oxygens (including phenoxy) is 1. The van der Waals surface area contributed by atoms with Crippen LogP contribution in [-0.4, -0.2) is 18.3 Å². The zero-order valence-electron chi connectivity index (χ0n) is 12.7. The quantitative estimate of drug-likeness (QED) is 0.470. The molecular weight excluding hydrogens is 393 g/mol. The summed E-state index contributed by atoms with van der Waals surface area (Å²) in [5, 5.41) is 6.74. The zero-order chi connectivity index (χ0) is 16.9. The lowest BCUT2D eigenvalue weighted by Crippen LogP contribution is -1.91. The van der Waals surface area contributed by atoms with Gasteiger partial charge in [0.05, 0.1) is 23.5 Å². The lowest BCUT2D eigenvalue weighted by Gasteiger charge is -2.03. The Morgan fingerprint density at radius 1 is 1.25 bits per heavy atom. The van der Waals surface area contributed by atoms with E-state index in [2.05, 4.69) is 31.4 Å². The first-order valence-electron chi connectivity index (χ1n) is 7.00. The summed E-state index contributed by atoms with van der Waals surface area (Å²) >= 11 is 4.87. The molecule has 0 saturated carbocycles. The smallest absolute Gasteiger partial charge is 0.203 e. The molecule has 0 aliphatic rings. The second-order valence-electron chi connectivity index (χ2n) is 4.81. The van der Waals surface area contributed by atoms with Crippen molar-refractivity contribution < 1.29 is 9.13 Å². The summed E-state index contributed by atoms with van der Waals surface area (Å²) in [5.74, 6) is 0.506. The largest absolute Gasteiger partial charge is 0.496 e. The van der Waals surface area contributed by atoms with Gasteiger partial charge in [0, 0.05) is 10.9 Å². The Balaban J connectivity index is 1.67. The Bertz CT molecular complexity index is 865. The molecule has 0 aliphatic heterocycles. The molecule has 2 aromatic carbocycles. The van der Waals surface area contributed by atoms with Crippen LogP contribution in [0, 0.1) is 5.82 Å². The molecule has 0 saturated heterocycles. The number of hydrogen-bond donors (Lipinski definition) is 1. The molecule has 0 radical (unpaired) electrons. The fraction of sp³-hybridized carbons (Fsp3) is 0.0588. The van der Waals surface area contributed by atoms with E-state index in [1.807, 2.05) is 23.6 Å². The van der Waals surface area contributed by atoms with Gasteiger partial charge in [-0.1, -0.05) is 0 Å². The van der Waals surface area contributed by atoms with Crippen LogP contribution in [0.5, 0.6) is 5.75 Å². The number of halogens is 2. The first-order valence-corrected chi connectivity index (χ1v) is 8.67. The molecule has 24 heavy (non-hydrogen) atoms. The van der Waals surface area contributed by atoms with Crippen LogP contribution >= 0.6 is 27.3 Å². The number of nitrogens with one attached hydrogen (secondary N) is 1. The molecule has 0 fully saturated rings. The summed E-state index contributed by atoms with van der Waals surface area (Å²) in [7, 11) is 1.62.